The maximum atomic E-state index is 12.0. The number of thioether (sulfide) groups is 1. The highest BCUT2D eigenvalue weighted by atomic mass is 35.5. The van der Waals surface area contributed by atoms with Gasteiger partial charge in [0.05, 0.1) is 12.2 Å². The maximum absolute atomic E-state index is 12.0. The largest absolute Gasteiger partial charge is 0.493 e. The zero-order valence-electron chi connectivity index (χ0n) is 10.9. The number of hydrogen-bond acceptors (Lipinski definition) is 4. The Kier molecular flexibility index (Phi) is 7.70. The van der Waals surface area contributed by atoms with Gasteiger partial charge in [-0.1, -0.05) is 11.6 Å². The minimum absolute atomic E-state index is 0.145. The maximum Gasteiger partial charge on any atom is 0.255 e. The number of benzene rings is 1. The lowest BCUT2D eigenvalue weighted by molar-refractivity contribution is 0.0952. The lowest BCUT2D eigenvalue weighted by atomic mass is 10.2. The van der Waals surface area contributed by atoms with Gasteiger partial charge in [-0.25, -0.2) is 0 Å². The van der Waals surface area contributed by atoms with Gasteiger partial charge < -0.3 is 15.8 Å². The fourth-order valence-corrected chi connectivity index (χ4v) is 1.90. The van der Waals surface area contributed by atoms with E-state index in [1.165, 1.54) is 0 Å². The Balaban J connectivity index is 2.71. The Labute approximate surface area is 123 Å². The van der Waals surface area contributed by atoms with E-state index in [0.29, 0.717) is 36.0 Å². The highest BCUT2D eigenvalue weighted by Crippen LogP contribution is 2.23. The molecule has 0 aliphatic carbocycles. The van der Waals surface area contributed by atoms with Crippen molar-refractivity contribution in [3.8, 4) is 5.75 Å². The average Bonchev–Trinajstić information content (AvgIpc) is 2.39. The third-order valence-corrected chi connectivity index (χ3v) is 3.23. The van der Waals surface area contributed by atoms with Crippen LogP contribution in [-0.4, -0.2) is 37.6 Å². The highest BCUT2D eigenvalue weighted by molar-refractivity contribution is 7.98. The third kappa shape index (κ3) is 5.72. The number of halogens is 1. The van der Waals surface area contributed by atoms with Crippen molar-refractivity contribution in [1.29, 1.82) is 0 Å². The number of carbonyl (C=O) groups is 1. The topological polar surface area (TPSA) is 64.3 Å². The molecule has 1 aromatic carbocycles. The molecular formula is C13H19ClN2O2S. The van der Waals surface area contributed by atoms with E-state index < -0.39 is 0 Å². The standard InChI is InChI=1S/C13H19ClN2O2S/c1-19-8-6-16-13(17)11-4-3-10(14)9-12(11)18-7-2-5-15/h3-4,9H,2,5-8,15H2,1H3,(H,16,17). The second kappa shape index (κ2) is 9.07. The van der Waals surface area contributed by atoms with Gasteiger partial charge in [0.1, 0.15) is 5.75 Å². The molecule has 6 heteroatoms. The lowest BCUT2D eigenvalue weighted by Gasteiger charge is -2.11. The summed E-state index contributed by atoms with van der Waals surface area (Å²) in [5, 5.41) is 3.39. The molecule has 0 saturated heterocycles. The van der Waals surface area contributed by atoms with Crippen LogP contribution in [0.2, 0.25) is 5.02 Å². The van der Waals surface area contributed by atoms with E-state index in [1.54, 1.807) is 30.0 Å². The van der Waals surface area contributed by atoms with Crippen LogP contribution in [0.1, 0.15) is 16.8 Å². The number of nitrogens with two attached hydrogens (primary N) is 1. The van der Waals surface area contributed by atoms with Crippen LogP contribution in [0.5, 0.6) is 5.75 Å². The molecule has 1 amide bonds. The van der Waals surface area contributed by atoms with Gasteiger partial charge in [-0.05, 0) is 37.4 Å². The SMILES string of the molecule is CSCCNC(=O)c1ccc(Cl)cc1OCCCN. The van der Waals surface area contributed by atoms with Gasteiger partial charge in [-0.15, -0.1) is 0 Å². The van der Waals surface area contributed by atoms with E-state index in [9.17, 15) is 4.79 Å². The summed E-state index contributed by atoms with van der Waals surface area (Å²) in [6.07, 6.45) is 2.73. The molecule has 1 aromatic rings. The van der Waals surface area contributed by atoms with Crippen LogP contribution in [0.3, 0.4) is 0 Å². The second-order valence-electron chi connectivity index (χ2n) is 3.88. The number of carbonyl (C=O) groups excluding carboxylic acids is 1. The second-order valence-corrected chi connectivity index (χ2v) is 5.30. The molecule has 0 radical (unpaired) electrons. The first-order valence-electron chi connectivity index (χ1n) is 6.08. The van der Waals surface area contributed by atoms with Gasteiger partial charge in [0, 0.05) is 17.3 Å². The summed E-state index contributed by atoms with van der Waals surface area (Å²) in [6.45, 7) is 1.66. The zero-order chi connectivity index (χ0) is 14.1. The van der Waals surface area contributed by atoms with E-state index in [0.717, 1.165) is 12.2 Å². The van der Waals surface area contributed by atoms with Crippen LogP contribution in [0.25, 0.3) is 0 Å². The van der Waals surface area contributed by atoms with Crippen LogP contribution in [-0.2, 0) is 0 Å². The van der Waals surface area contributed by atoms with E-state index in [2.05, 4.69) is 5.32 Å². The number of nitrogens with one attached hydrogen (secondary N) is 1. The number of amides is 1. The Bertz CT molecular complexity index is 416. The molecule has 0 heterocycles. The predicted molar refractivity (Wildman–Crippen MR) is 81.3 cm³/mol. The Hall–Kier alpha value is -0.910. The fraction of sp³-hybridized carbons (Fsp3) is 0.462. The van der Waals surface area contributed by atoms with Crippen molar-refractivity contribution in [3.63, 3.8) is 0 Å². The summed E-state index contributed by atoms with van der Waals surface area (Å²) in [6, 6.07) is 5.01. The summed E-state index contributed by atoms with van der Waals surface area (Å²) < 4.78 is 5.56. The Morgan fingerprint density at radius 2 is 2.32 bits per heavy atom. The first-order chi connectivity index (χ1) is 9.19. The van der Waals surface area contributed by atoms with Crippen LogP contribution in [0.15, 0.2) is 18.2 Å². The van der Waals surface area contributed by atoms with Crippen molar-refractivity contribution >= 4 is 29.3 Å². The van der Waals surface area contributed by atoms with E-state index in [1.807, 2.05) is 6.26 Å². The molecule has 0 atom stereocenters. The number of hydrogen-bond donors (Lipinski definition) is 2. The molecule has 106 valence electrons. The van der Waals surface area contributed by atoms with Crippen LogP contribution in [0.4, 0.5) is 0 Å². The van der Waals surface area contributed by atoms with Gasteiger partial charge in [0.2, 0.25) is 0 Å². The quantitative estimate of drug-likeness (QED) is 0.722. The number of rotatable bonds is 8. The van der Waals surface area contributed by atoms with Crippen molar-refractivity contribution in [2.75, 3.05) is 31.7 Å². The molecule has 4 nitrogen and oxygen atoms in total. The predicted octanol–water partition coefficient (Wildman–Crippen LogP) is 2.16. The van der Waals surface area contributed by atoms with E-state index in [4.69, 9.17) is 22.1 Å². The van der Waals surface area contributed by atoms with Gasteiger partial charge in [-0.3, -0.25) is 4.79 Å². The third-order valence-electron chi connectivity index (χ3n) is 2.39. The zero-order valence-corrected chi connectivity index (χ0v) is 12.5. The lowest BCUT2D eigenvalue weighted by Crippen LogP contribution is -2.26. The Morgan fingerprint density at radius 1 is 1.53 bits per heavy atom. The molecule has 0 aliphatic heterocycles. The minimum atomic E-state index is -0.145. The van der Waals surface area contributed by atoms with Crippen molar-refractivity contribution < 1.29 is 9.53 Å². The normalized spacial score (nSPS) is 10.3. The average molecular weight is 303 g/mol. The first kappa shape index (κ1) is 16.1. The molecule has 1 rings (SSSR count). The summed E-state index contributed by atoms with van der Waals surface area (Å²) in [4.78, 5) is 12.0. The summed E-state index contributed by atoms with van der Waals surface area (Å²) in [7, 11) is 0. The summed E-state index contributed by atoms with van der Waals surface area (Å²) in [5.74, 6) is 1.24. The molecule has 0 saturated carbocycles. The summed E-state index contributed by atoms with van der Waals surface area (Å²) in [5.41, 5.74) is 5.92. The van der Waals surface area contributed by atoms with Gasteiger partial charge in [0.25, 0.3) is 5.91 Å². The monoisotopic (exact) mass is 302 g/mol. The number of ether oxygens (including phenoxy) is 1. The van der Waals surface area contributed by atoms with E-state index >= 15 is 0 Å². The molecule has 19 heavy (non-hydrogen) atoms. The van der Waals surface area contributed by atoms with Crippen LogP contribution >= 0.6 is 23.4 Å². The molecule has 0 aliphatic rings. The van der Waals surface area contributed by atoms with Gasteiger partial charge in [0.15, 0.2) is 0 Å². The Morgan fingerprint density at radius 3 is 3.00 bits per heavy atom. The summed E-state index contributed by atoms with van der Waals surface area (Å²) >= 11 is 7.60. The van der Waals surface area contributed by atoms with Crippen molar-refractivity contribution in [2.24, 2.45) is 5.73 Å². The van der Waals surface area contributed by atoms with Crippen molar-refractivity contribution in [3.05, 3.63) is 28.8 Å². The minimum Gasteiger partial charge on any atom is -0.493 e. The van der Waals surface area contributed by atoms with Crippen LogP contribution < -0.4 is 15.8 Å². The highest BCUT2D eigenvalue weighted by Gasteiger charge is 2.12. The van der Waals surface area contributed by atoms with Crippen molar-refractivity contribution in [1.82, 2.24) is 5.32 Å². The molecule has 0 aromatic heterocycles. The first-order valence-corrected chi connectivity index (χ1v) is 7.85. The van der Waals surface area contributed by atoms with Gasteiger partial charge >= 0.3 is 0 Å². The van der Waals surface area contributed by atoms with Crippen molar-refractivity contribution in [2.45, 2.75) is 6.42 Å². The van der Waals surface area contributed by atoms with Crippen LogP contribution in [0, 0.1) is 0 Å². The molecular weight excluding hydrogens is 284 g/mol. The molecule has 0 bridgehead atoms. The van der Waals surface area contributed by atoms with E-state index in [-0.39, 0.29) is 5.91 Å². The van der Waals surface area contributed by atoms with Gasteiger partial charge in [-0.2, -0.15) is 11.8 Å². The molecule has 3 N–H and O–H groups in total. The molecule has 0 unspecified atom stereocenters. The smallest absolute Gasteiger partial charge is 0.255 e. The fourth-order valence-electron chi connectivity index (χ4n) is 1.43. The molecule has 0 spiro atoms. The molecule has 0 fully saturated rings.